The molecule has 6 nitrogen and oxygen atoms in total. The molecule has 0 aliphatic heterocycles. The van der Waals surface area contributed by atoms with E-state index in [1.807, 2.05) is 0 Å². The van der Waals surface area contributed by atoms with Crippen LogP contribution in [0, 0.1) is 0 Å². The average molecular weight is 340 g/mol. The van der Waals surface area contributed by atoms with Crippen LogP contribution in [0.4, 0.5) is 13.2 Å². The summed E-state index contributed by atoms with van der Waals surface area (Å²) in [6.45, 7) is 3.49. The van der Waals surface area contributed by atoms with Crippen LogP contribution in [0.1, 0.15) is 25.7 Å². The minimum atomic E-state index is -4.70. The Hall–Kier alpha value is -1.55. The smallest absolute Gasteiger partial charge is 0.267 e. The standard InChI is InChI=1S/C10H9ClF3N5OS/c1-4(2)19-8(20)17-18-9(19)21-6-3-5(11)15-7(16-6)10(12,13)14/h3-4H,1-2H3,(H,17,20). The van der Waals surface area contributed by atoms with Crippen LogP contribution in [0.3, 0.4) is 0 Å². The van der Waals surface area contributed by atoms with Gasteiger partial charge in [0.25, 0.3) is 0 Å². The summed E-state index contributed by atoms with van der Waals surface area (Å²) in [5.74, 6) is -1.34. The molecule has 0 aliphatic rings. The molecule has 2 heterocycles. The first-order valence-corrected chi connectivity index (χ1v) is 6.84. The molecule has 2 aromatic rings. The molecule has 0 fully saturated rings. The van der Waals surface area contributed by atoms with Gasteiger partial charge in [-0.2, -0.15) is 13.2 Å². The molecule has 0 saturated carbocycles. The highest BCUT2D eigenvalue weighted by molar-refractivity contribution is 7.99. The molecule has 11 heteroatoms. The molecule has 2 aromatic heterocycles. The third-order valence-corrected chi connectivity index (χ3v) is 3.39. The number of halogens is 4. The molecule has 0 bridgehead atoms. The number of aromatic amines is 1. The number of hydrogen-bond acceptors (Lipinski definition) is 5. The van der Waals surface area contributed by atoms with Gasteiger partial charge in [0.15, 0.2) is 5.16 Å². The van der Waals surface area contributed by atoms with Crippen molar-refractivity contribution in [3.8, 4) is 0 Å². The lowest BCUT2D eigenvalue weighted by atomic mass is 10.4. The second-order valence-corrected chi connectivity index (χ2v) is 5.60. The van der Waals surface area contributed by atoms with E-state index in [-0.39, 0.29) is 21.4 Å². The Morgan fingerprint density at radius 1 is 1.38 bits per heavy atom. The molecule has 21 heavy (non-hydrogen) atoms. The van der Waals surface area contributed by atoms with Crippen LogP contribution in [-0.4, -0.2) is 24.7 Å². The first-order chi connectivity index (χ1) is 9.68. The second-order valence-electron chi connectivity index (χ2n) is 4.23. The second kappa shape index (κ2) is 5.68. The van der Waals surface area contributed by atoms with Crippen LogP contribution in [-0.2, 0) is 6.18 Å². The van der Waals surface area contributed by atoms with Gasteiger partial charge >= 0.3 is 11.9 Å². The monoisotopic (exact) mass is 339 g/mol. The highest BCUT2D eigenvalue weighted by atomic mass is 35.5. The average Bonchev–Trinajstić information content (AvgIpc) is 2.68. The van der Waals surface area contributed by atoms with E-state index in [0.717, 1.165) is 11.8 Å². The number of H-pyrrole nitrogens is 1. The number of nitrogens with zero attached hydrogens (tertiary/aromatic N) is 4. The summed E-state index contributed by atoms with van der Waals surface area (Å²) in [6.07, 6.45) is -4.70. The van der Waals surface area contributed by atoms with Gasteiger partial charge in [-0.05, 0) is 25.6 Å². The Balaban J connectivity index is 2.41. The van der Waals surface area contributed by atoms with Gasteiger partial charge in [-0.1, -0.05) is 11.6 Å². The Morgan fingerprint density at radius 2 is 2.05 bits per heavy atom. The summed E-state index contributed by atoms with van der Waals surface area (Å²) in [6, 6.07) is 0.962. The maximum Gasteiger partial charge on any atom is 0.451 e. The van der Waals surface area contributed by atoms with Crippen molar-refractivity contribution in [3.05, 3.63) is 27.5 Å². The van der Waals surface area contributed by atoms with Crippen molar-refractivity contribution in [2.45, 2.75) is 36.2 Å². The molecule has 0 amide bonds. The fourth-order valence-corrected chi connectivity index (χ4v) is 2.71. The molecule has 0 unspecified atom stereocenters. The summed E-state index contributed by atoms with van der Waals surface area (Å²) < 4.78 is 39.2. The van der Waals surface area contributed by atoms with Crippen LogP contribution in [0.5, 0.6) is 0 Å². The van der Waals surface area contributed by atoms with Crippen molar-refractivity contribution < 1.29 is 13.2 Å². The minimum absolute atomic E-state index is 0.0526. The van der Waals surface area contributed by atoms with Gasteiger partial charge in [-0.25, -0.2) is 19.9 Å². The zero-order valence-electron chi connectivity index (χ0n) is 10.8. The molecule has 1 N–H and O–H groups in total. The SMILES string of the molecule is CC(C)n1c(Sc2cc(Cl)nc(C(F)(F)F)n2)n[nH]c1=O. The van der Waals surface area contributed by atoms with E-state index in [1.165, 1.54) is 10.6 Å². The van der Waals surface area contributed by atoms with Gasteiger partial charge in [-0.15, -0.1) is 5.10 Å². The lowest BCUT2D eigenvalue weighted by molar-refractivity contribution is -0.145. The molecule has 0 saturated heterocycles. The molecule has 0 aromatic carbocycles. The van der Waals surface area contributed by atoms with Crippen molar-refractivity contribution in [1.29, 1.82) is 0 Å². The van der Waals surface area contributed by atoms with Gasteiger partial charge < -0.3 is 0 Å². The Kier molecular flexibility index (Phi) is 4.28. The van der Waals surface area contributed by atoms with E-state index in [1.54, 1.807) is 13.8 Å². The van der Waals surface area contributed by atoms with E-state index < -0.39 is 17.7 Å². The zero-order valence-corrected chi connectivity index (χ0v) is 12.3. The van der Waals surface area contributed by atoms with E-state index >= 15 is 0 Å². The lowest BCUT2D eigenvalue weighted by Crippen LogP contribution is -2.19. The van der Waals surface area contributed by atoms with E-state index in [0.29, 0.717) is 0 Å². The number of aromatic nitrogens is 5. The lowest BCUT2D eigenvalue weighted by Gasteiger charge is -2.09. The fraction of sp³-hybridized carbons (Fsp3) is 0.400. The predicted octanol–water partition coefficient (Wildman–Crippen LogP) is 2.77. The molecule has 0 atom stereocenters. The minimum Gasteiger partial charge on any atom is -0.267 e. The van der Waals surface area contributed by atoms with Crippen LogP contribution in [0.15, 0.2) is 21.0 Å². The summed E-state index contributed by atoms with van der Waals surface area (Å²) in [5.41, 5.74) is -0.455. The Labute approximate surface area is 125 Å². The van der Waals surface area contributed by atoms with Gasteiger partial charge in [0.2, 0.25) is 5.82 Å². The number of alkyl halides is 3. The van der Waals surface area contributed by atoms with Gasteiger partial charge in [-0.3, -0.25) is 4.57 Å². The van der Waals surface area contributed by atoms with Crippen molar-refractivity contribution in [1.82, 2.24) is 24.7 Å². The maximum absolute atomic E-state index is 12.6. The first-order valence-electron chi connectivity index (χ1n) is 5.65. The molecule has 0 radical (unpaired) electrons. The third-order valence-electron chi connectivity index (χ3n) is 2.31. The summed E-state index contributed by atoms with van der Waals surface area (Å²) in [7, 11) is 0. The number of rotatable bonds is 3. The van der Waals surface area contributed by atoms with Crippen LogP contribution in [0.25, 0.3) is 0 Å². The van der Waals surface area contributed by atoms with E-state index in [9.17, 15) is 18.0 Å². The molecular formula is C10H9ClF3N5OS. The summed E-state index contributed by atoms with van der Waals surface area (Å²) >= 11 is 6.36. The van der Waals surface area contributed by atoms with E-state index in [2.05, 4.69) is 20.2 Å². The number of nitrogens with one attached hydrogen (secondary N) is 1. The van der Waals surface area contributed by atoms with Crippen molar-refractivity contribution in [2.24, 2.45) is 0 Å². The van der Waals surface area contributed by atoms with Crippen molar-refractivity contribution >= 4 is 23.4 Å². The largest absolute Gasteiger partial charge is 0.451 e. The normalized spacial score (nSPS) is 12.1. The van der Waals surface area contributed by atoms with Crippen molar-refractivity contribution in [3.63, 3.8) is 0 Å². The topological polar surface area (TPSA) is 76.5 Å². The molecule has 0 aliphatic carbocycles. The zero-order chi connectivity index (χ0) is 15.8. The molecule has 0 spiro atoms. The summed E-state index contributed by atoms with van der Waals surface area (Å²) in [5, 5.41) is 5.79. The molecule has 114 valence electrons. The molecular weight excluding hydrogens is 331 g/mol. The first kappa shape index (κ1) is 15.8. The number of hydrogen-bond donors (Lipinski definition) is 1. The van der Waals surface area contributed by atoms with Gasteiger partial charge in [0.05, 0.1) is 0 Å². The summed E-state index contributed by atoms with van der Waals surface area (Å²) in [4.78, 5) is 18.1. The molecule has 2 rings (SSSR count). The predicted molar refractivity (Wildman–Crippen MR) is 69.4 cm³/mol. The fourth-order valence-electron chi connectivity index (χ4n) is 1.49. The third kappa shape index (κ3) is 3.56. The van der Waals surface area contributed by atoms with E-state index in [4.69, 9.17) is 11.6 Å². The van der Waals surface area contributed by atoms with Crippen LogP contribution < -0.4 is 5.69 Å². The maximum atomic E-state index is 12.6. The van der Waals surface area contributed by atoms with Crippen molar-refractivity contribution in [2.75, 3.05) is 0 Å². The van der Waals surface area contributed by atoms with Gasteiger partial charge in [0, 0.05) is 12.1 Å². The Morgan fingerprint density at radius 3 is 2.62 bits per heavy atom. The highest BCUT2D eigenvalue weighted by Crippen LogP contribution is 2.31. The quantitative estimate of drug-likeness (QED) is 0.870. The van der Waals surface area contributed by atoms with Crippen LogP contribution >= 0.6 is 23.4 Å². The highest BCUT2D eigenvalue weighted by Gasteiger charge is 2.35. The van der Waals surface area contributed by atoms with Gasteiger partial charge in [0.1, 0.15) is 10.2 Å². The Bertz CT molecular complexity index is 711. The van der Waals surface area contributed by atoms with Crippen LogP contribution in [0.2, 0.25) is 5.15 Å².